The molecule has 1 atom stereocenters. The molecule has 0 aromatic heterocycles. The molecule has 6 nitrogen and oxygen atoms in total. The van der Waals surface area contributed by atoms with Gasteiger partial charge in [-0.15, -0.1) is 13.2 Å². The second kappa shape index (κ2) is 12.0. The second-order valence-corrected chi connectivity index (χ2v) is 7.34. The van der Waals surface area contributed by atoms with Crippen LogP contribution in [0.2, 0.25) is 0 Å². The van der Waals surface area contributed by atoms with Gasteiger partial charge in [0.1, 0.15) is 17.2 Å². The number of nitrogens with two attached hydrogens (primary N) is 1. The minimum absolute atomic E-state index is 0.117. The lowest BCUT2D eigenvalue weighted by Crippen LogP contribution is -2.25. The van der Waals surface area contributed by atoms with Gasteiger partial charge in [-0.3, -0.25) is 4.79 Å². The number of methoxy groups -OCH3 is 1. The van der Waals surface area contributed by atoms with E-state index in [-0.39, 0.29) is 29.9 Å². The first kappa shape index (κ1) is 25.8. The van der Waals surface area contributed by atoms with Crippen molar-refractivity contribution in [2.75, 3.05) is 13.7 Å². The molecule has 0 spiro atoms. The first-order chi connectivity index (χ1) is 15.6. The number of amides is 1. The van der Waals surface area contributed by atoms with Gasteiger partial charge in [-0.05, 0) is 42.7 Å². The lowest BCUT2D eigenvalue weighted by Gasteiger charge is -2.12. The van der Waals surface area contributed by atoms with E-state index < -0.39 is 6.36 Å². The Labute approximate surface area is 190 Å². The summed E-state index contributed by atoms with van der Waals surface area (Å²) >= 11 is 0. The summed E-state index contributed by atoms with van der Waals surface area (Å²) < 4.78 is 51.9. The fraction of sp³-hybridized carbons (Fsp3) is 0.292. The predicted octanol–water partition coefficient (Wildman–Crippen LogP) is 5.07. The smallest absolute Gasteiger partial charge is 0.457 e. The highest BCUT2D eigenvalue weighted by Gasteiger charge is 2.31. The number of rotatable bonds is 10. The van der Waals surface area contributed by atoms with Crippen molar-refractivity contribution in [3.05, 3.63) is 77.5 Å². The van der Waals surface area contributed by atoms with E-state index in [1.807, 2.05) is 13.0 Å². The number of ether oxygens (including phenoxy) is 3. The molecule has 0 aliphatic rings. The summed E-state index contributed by atoms with van der Waals surface area (Å²) in [5.41, 5.74) is 7.33. The average Bonchev–Trinajstić information content (AvgIpc) is 2.71. The molecule has 2 aromatic rings. The van der Waals surface area contributed by atoms with Crippen LogP contribution >= 0.6 is 0 Å². The first-order valence-electron chi connectivity index (χ1n) is 10.1. The van der Waals surface area contributed by atoms with Crippen molar-refractivity contribution in [3.63, 3.8) is 0 Å². The highest BCUT2D eigenvalue weighted by atomic mass is 19.4. The van der Waals surface area contributed by atoms with Gasteiger partial charge in [0.25, 0.3) is 5.91 Å². The number of halogens is 3. The third kappa shape index (κ3) is 9.28. The summed E-state index contributed by atoms with van der Waals surface area (Å²) in [7, 11) is 1.60. The quantitative estimate of drug-likeness (QED) is 0.379. The Bertz CT molecular complexity index is 999. The van der Waals surface area contributed by atoms with Gasteiger partial charge in [0.15, 0.2) is 0 Å². The van der Waals surface area contributed by atoms with E-state index in [9.17, 15) is 18.0 Å². The molecule has 0 saturated heterocycles. The van der Waals surface area contributed by atoms with E-state index in [1.54, 1.807) is 44.4 Å². The van der Waals surface area contributed by atoms with Crippen molar-refractivity contribution in [2.24, 2.45) is 11.7 Å². The van der Waals surface area contributed by atoms with Crippen LogP contribution in [0.15, 0.2) is 72.0 Å². The van der Waals surface area contributed by atoms with Gasteiger partial charge in [-0.2, -0.15) is 0 Å². The highest BCUT2D eigenvalue weighted by Crippen LogP contribution is 2.29. The second-order valence-electron chi connectivity index (χ2n) is 7.34. The van der Waals surface area contributed by atoms with Crippen molar-refractivity contribution < 1.29 is 32.2 Å². The molecule has 1 amide bonds. The Morgan fingerprint density at radius 1 is 1.12 bits per heavy atom. The van der Waals surface area contributed by atoms with Gasteiger partial charge in [-0.25, -0.2) is 0 Å². The van der Waals surface area contributed by atoms with E-state index in [2.05, 4.69) is 10.1 Å². The standard InChI is InChI=1S/C24H27F3N2O4/c1-16(15-31-3)10-11-22(17(2)28)23(30)29-14-18-6-4-7-19(12-18)32-20-8-5-9-21(13-20)33-24(25,26)27/h4-13,16H,14-15,28H2,1-3H3,(H,29,30)/b11-10-,22-17-. The number of benzene rings is 2. The predicted molar refractivity (Wildman–Crippen MR) is 119 cm³/mol. The third-order valence-electron chi connectivity index (χ3n) is 4.32. The number of allylic oxidation sites excluding steroid dienone is 1. The van der Waals surface area contributed by atoms with Gasteiger partial charge in [0.2, 0.25) is 0 Å². The van der Waals surface area contributed by atoms with Crippen LogP contribution in [0, 0.1) is 5.92 Å². The zero-order chi connectivity index (χ0) is 24.4. The van der Waals surface area contributed by atoms with Crippen molar-refractivity contribution in [1.29, 1.82) is 0 Å². The van der Waals surface area contributed by atoms with Gasteiger partial charge in [0, 0.05) is 25.4 Å². The lowest BCUT2D eigenvalue weighted by molar-refractivity contribution is -0.274. The molecule has 0 aliphatic heterocycles. The number of hydrogen-bond donors (Lipinski definition) is 2. The minimum atomic E-state index is -4.79. The van der Waals surface area contributed by atoms with Crippen molar-refractivity contribution in [3.8, 4) is 17.2 Å². The molecular formula is C24H27F3N2O4. The van der Waals surface area contributed by atoms with Gasteiger partial charge < -0.3 is 25.3 Å². The van der Waals surface area contributed by atoms with Crippen LogP contribution in [0.3, 0.4) is 0 Å². The van der Waals surface area contributed by atoms with Crippen LogP contribution < -0.4 is 20.5 Å². The molecule has 0 aliphatic carbocycles. The summed E-state index contributed by atoms with van der Waals surface area (Å²) in [5, 5.41) is 2.80. The molecule has 178 valence electrons. The molecule has 0 heterocycles. The number of carbonyl (C=O) groups is 1. The highest BCUT2D eigenvalue weighted by molar-refractivity contribution is 5.96. The van der Waals surface area contributed by atoms with Crippen molar-refractivity contribution >= 4 is 5.91 Å². The van der Waals surface area contributed by atoms with Crippen LogP contribution in [0.25, 0.3) is 0 Å². The molecule has 1 unspecified atom stereocenters. The first-order valence-corrected chi connectivity index (χ1v) is 10.1. The van der Waals surface area contributed by atoms with Crippen LogP contribution in [0.5, 0.6) is 17.2 Å². The molecular weight excluding hydrogens is 437 g/mol. The fourth-order valence-electron chi connectivity index (χ4n) is 2.83. The van der Waals surface area contributed by atoms with Crippen molar-refractivity contribution in [2.45, 2.75) is 26.8 Å². The summed E-state index contributed by atoms with van der Waals surface area (Å²) in [6, 6.07) is 12.0. The zero-order valence-corrected chi connectivity index (χ0v) is 18.6. The van der Waals surface area contributed by atoms with E-state index in [4.69, 9.17) is 15.2 Å². The SMILES string of the molecule is COCC(C)/C=C\C(C(=O)NCc1cccc(Oc2cccc(OC(F)(F)F)c2)c1)=C(/C)N. The molecule has 0 saturated carbocycles. The molecule has 0 fully saturated rings. The fourth-order valence-corrected chi connectivity index (χ4v) is 2.83. The molecule has 0 radical (unpaired) electrons. The van der Waals surface area contributed by atoms with Crippen LogP contribution in [0.1, 0.15) is 19.4 Å². The maximum Gasteiger partial charge on any atom is 0.573 e. The Morgan fingerprint density at radius 2 is 1.76 bits per heavy atom. The molecule has 2 rings (SSSR count). The van der Waals surface area contributed by atoms with E-state index in [0.29, 0.717) is 23.6 Å². The maximum absolute atomic E-state index is 12.6. The number of alkyl halides is 3. The number of hydrogen-bond acceptors (Lipinski definition) is 5. The molecule has 2 aromatic carbocycles. The zero-order valence-electron chi connectivity index (χ0n) is 18.6. The number of nitrogens with one attached hydrogen (secondary N) is 1. The van der Waals surface area contributed by atoms with Crippen LogP contribution in [-0.2, 0) is 16.1 Å². The topological polar surface area (TPSA) is 82.8 Å². The third-order valence-corrected chi connectivity index (χ3v) is 4.32. The normalized spacial score (nSPS) is 13.4. The maximum atomic E-state index is 12.6. The van der Waals surface area contributed by atoms with E-state index in [1.165, 1.54) is 18.2 Å². The Balaban J connectivity index is 2.03. The lowest BCUT2D eigenvalue weighted by atomic mass is 10.1. The minimum Gasteiger partial charge on any atom is -0.457 e. The van der Waals surface area contributed by atoms with Gasteiger partial charge >= 0.3 is 6.36 Å². The Hall–Kier alpha value is -3.46. The van der Waals surface area contributed by atoms with Gasteiger partial charge in [0.05, 0.1) is 12.2 Å². The van der Waals surface area contributed by atoms with E-state index >= 15 is 0 Å². The van der Waals surface area contributed by atoms with E-state index in [0.717, 1.165) is 11.6 Å². The summed E-state index contributed by atoms with van der Waals surface area (Å²) in [6.45, 7) is 4.32. The molecule has 0 bridgehead atoms. The van der Waals surface area contributed by atoms with Crippen LogP contribution in [-0.4, -0.2) is 26.0 Å². The summed E-state index contributed by atoms with van der Waals surface area (Å²) in [4.78, 5) is 12.6. The molecule has 9 heteroatoms. The summed E-state index contributed by atoms with van der Waals surface area (Å²) in [6.07, 6.45) is -1.27. The Morgan fingerprint density at radius 3 is 2.39 bits per heavy atom. The summed E-state index contributed by atoms with van der Waals surface area (Å²) in [5.74, 6) is -0.0276. The Kier molecular flexibility index (Phi) is 9.35. The monoisotopic (exact) mass is 464 g/mol. The number of carbonyl (C=O) groups excluding carboxylic acids is 1. The van der Waals surface area contributed by atoms with Crippen molar-refractivity contribution in [1.82, 2.24) is 5.32 Å². The van der Waals surface area contributed by atoms with Gasteiger partial charge in [-0.1, -0.05) is 37.3 Å². The van der Waals surface area contributed by atoms with Crippen LogP contribution in [0.4, 0.5) is 13.2 Å². The largest absolute Gasteiger partial charge is 0.573 e. The average molecular weight is 464 g/mol. The molecule has 33 heavy (non-hydrogen) atoms. The molecule has 3 N–H and O–H groups in total.